The van der Waals surface area contributed by atoms with Crippen LogP contribution in [0.4, 0.5) is 0 Å². The molecule has 0 aliphatic carbocycles. The zero-order valence-corrected chi connectivity index (χ0v) is 76.9. The maximum absolute atomic E-state index is 14.9. The molecule has 1 unspecified atom stereocenters. The van der Waals surface area contributed by atoms with Gasteiger partial charge in [-0.2, -0.15) is 35.3 Å². The number of hydrogen-bond donors (Lipinski definition) is 21. The lowest BCUT2D eigenvalue weighted by atomic mass is 9.94. The number of primary amides is 2. The fraction of sp³-hybridized carbons (Fsp3) is 0.762. The van der Waals surface area contributed by atoms with Crippen LogP contribution in [0.15, 0.2) is 4.99 Å². The number of aliphatic hydroxyl groups is 1. The minimum atomic E-state index is -1.74. The molecule has 0 aromatic rings. The Morgan fingerprint density at radius 3 is 1.12 bits per heavy atom. The van der Waals surface area contributed by atoms with Crippen molar-refractivity contribution in [1.29, 1.82) is 0 Å². The summed E-state index contributed by atoms with van der Waals surface area (Å²) >= 11 is 4.11. The Morgan fingerprint density at radius 2 is 0.744 bits per heavy atom. The molecule has 0 saturated carbocycles. The van der Waals surface area contributed by atoms with Crippen LogP contribution >= 0.6 is 35.3 Å². The Hall–Kier alpha value is -9.34. The van der Waals surface area contributed by atoms with E-state index in [1.54, 1.807) is 74.2 Å². The molecule has 0 bridgehead atoms. The largest absolute Gasteiger partial charge is 0.480 e. The normalized spacial score (nSPS) is 17.8. The van der Waals surface area contributed by atoms with Crippen LogP contribution in [-0.2, 0) is 86.3 Å². The van der Waals surface area contributed by atoms with Gasteiger partial charge in [0.05, 0.1) is 18.9 Å². The molecule has 2 saturated heterocycles. The van der Waals surface area contributed by atoms with Gasteiger partial charge in [0.25, 0.3) is 0 Å². The number of rotatable bonds is 63. The summed E-state index contributed by atoms with van der Waals surface area (Å²) in [6.07, 6.45) is 5.82. The lowest BCUT2D eigenvalue weighted by Crippen LogP contribution is -2.62. The second kappa shape index (κ2) is 59.6. The third-order valence-corrected chi connectivity index (χ3v) is 23.8. The Bertz CT molecular complexity index is 3590. The fourth-order valence-electron chi connectivity index (χ4n) is 14.1. The van der Waals surface area contributed by atoms with Crippen molar-refractivity contribution in [2.24, 2.45) is 63.1 Å². The highest BCUT2D eigenvalue weighted by Crippen LogP contribution is 2.24. The number of unbranched alkanes of at least 4 members (excludes halogenated alkanes) is 2. The van der Waals surface area contributed by atoms with Crippen molar-refractivity contribution in [3.05, 3.63) is 0 Å². The van der Waals surface area contributed by atoms with Gasteiger partial charge in [-0.05, 0) is 182 Å². The van der Waals surface area contributed by atoms with Crippen LogP contribution in [0, 0.1) is 23.7 Å². The molecule has 45 heteroatoms. The minimum Gasteiger partial charge on any atom is -0.480 e. The van der Waals surface area contributed by atoms with Crippen LogP contribution < -0.4 is 104 Å². The summed E-state index contributed by atoms with van der Waals surface area (Å²) in [6, 6.07) is -20.8. The number of amides is 17. The lowest BCUT2D eigenvalue weighted by Gasteiger charge is -2.32. The van der Waals surface area contributed by atoms with Crippen LogP contribution in [0.2, 0.25) is 0 Å². The van der Waals surface area contributed by atoms with E-state index in [4.69, 9.17) is 34.4 Å². The highest BCUT2D eigenvalue weighted by atomic mass is 32.2. The summed E-state index contributed by atoms with van der Waals surface area (Å²) < 4.78 is 0. The number of hydrogen-bond acceptors (Lipinski definition) is 25. The summed E-state index contributed by atoms with van der Waals surface area (Å²) in [5, 5.41) is 54.9. The molecular formula is C80H142N22O20S3. The molecule has 2 rings (SSSR count). The summed E-state index contributed by atoms with van der Waals surface area (Å²) in [5.74, 6) is -16.7. The predicted octanol–water partition coefficient (Wildman–Crippen LogP) is -4.13. The van der Waals surface area contributed by atoms with Gasteiger partial charge in [0.2, 0.25) is 101 Å². The van der Waals surface area contributed by atoms with Gasteiger partial charge in [-0.3, -0.25) is 86.5 Å². The molecule has 0 radical (unpaired) electrons. The first-order valence-corrected chi connectivity index (χ1v) is 47.2. The van der Waals surface area contributed by atoms with Crippen LogP contribution in [0.3, 0.4) is 0 Å². The summed E-state index contributed by atoms with van der Waals surface area (Å²) in [5.41, 5.74) is 34.0. The van der Waals surface area contributed by atoms with Crippen molar-refractivity contribution in [3.8, 4) is 0 Å². The van der Waals surface area contributed by atoms with E-state index in [1.165, 1.54) is 47.1 Å². The van der Waals surface area contributed by atoms with E-state index in [0.717, 1.165) is 4.90 Å². The van der Waals surface area contributed by atoms with Gasteiger partial charge in [-0.25, -0.2) is 4.79 Å². The van der Waals surface area contributed by atoms with Gasteiger partial charge >= 0.3 is 5.97 Å². The molecule has 19 atom stereocenters. The molecule has 2 aliphatic heterocycles. The average molecular weight is 1830 g/mol. The van der Waals surface area contributed by atoms with Crippen LogP contribution in [0.1, 0.15) is 197 Å². The van der Waals surface area contributed by atoms with Crippen molar-refractivity contribution >= 4 is 148 Å². The second-order valence-electron chi connectivity index (χ2n) is 32.2. The number of guanidine groups is 1. The van der Waals surface area contributed by atoms with E-state index in [0.29, 0.717) is 62.2 Å². The highest BCUT2D eigenvalue weighted by Gasteiger charge is 2.45. The first-order chi connectivity index (χ1) is 59.1. The number of likely N-dealkylation sites (tertiary alicyclic amines) is 2. The van der Waals surface area contributed by atoms with Crippen molar-refractivity contribution in [1.82, 2.24) is 78.9 Å². The van der Waals surface area contributed by atoms with Gasteiger partial charge in [0.1, 0.15) is 90.6 Å². The first kappa shape index (κ1) is 112. The molecule has 0 aromatic carbocycles. The molecule has 0 spiro atoms. The van der Waals surface area contributed by atoms with Crippen molar-refractivity contribution in [2.45, 2.75) is 294 Å². The van der Waals surface area contributed by atoms with E-state index in [1.807, 2.05) is 0 Å². The number of nitrogens with two attached hydrogens (primary N) is 6. The van der Waals surface area contributed by atoms with Gasteiger partial charge in [-0.1, -0.05) is 74.7 Å². The van der Waals surface area contributed by atoms with E-state index in [-0.39, 0.29) is 128 Å². The number of thioether (sulfide) groups is 3. The van der Waals surface area contributed by atoms with Crippen LogP contribution in [0.5, 0.6) is 0 Å². The maximum atomic E-state index is 14.9. The third-order valence-electron chi connectivity index (χ3n) is 21.9. The number of carbonyl (C=O) groups is 18. The second-order valence-corrected chi connectivity index (χ2v) is 35.2. The molecule has 710 valence electrons. The number of aliphatic hydroxyl groups excluding tert-OH is 1. The monoisotopic (exact) mass is 1830 g/mol. The zero-order valence-electron chi connectivity index (χ0n) is 74.4. The standard InChI is InChI=1S/C80H142N22O20S3/c1-13-44(6)61(97-69(111)49(23-16-18-31-81)89-66(108)51(25-20-33-87-80(85)86)91-68(110)53(30-38-125-12)93-72(114)58-27-22-35-102(58)78(120)64(47(9)104)100-65(107)48(88-42-103)28-36-123-10)74(116)95-55(40-59(83)105)77(119)101-34-21-26-57(101)73(115)94-54(39-43(4)5)71(113)92-52(29-37-124-11)67(109)90-50(24-17-19-32-82)70(112)98-63(46(8)15-3)76(118)99-62(45(7)14-2)75(117)96-56(79(121)122)41-60(84)106/h42-58,61-64,104H,13-41,81-82H2,1-12H3,(H2,83,105)(H2,84,106)(H,88,103)(H,89,108)(H,90,109)(H,91,110)(H,92,113)(H,93,114)(H,94,115)(H,95,116)(H,96,117)(H,97,111)(H,98,112)(H,99,118)(H,100,107)(H,121,122)(H4,85,86,87)/t44-,45-,46-,47?,48-,49-,50-,51-,52-,53-,54-,55-,56-,57-,58-,61-,62-,63-,64-/m0/s1. The van der Waals surface area contributed by atoms with E-state index >= 15 is 0 Å². The molecule has 2 aliphatic rings. The molecule has 125 heavy (non-hydrogen) atoms. The molecule has 27 N–H and O–H groups in total. The van der Waals surface area contributed by atoms with Gasteiger partial charge in [0, 0.05) is 19.6 Å². The molecule has 0 aromatic heterocycles. The van der Waals surface area contributed by atoms with E-state index < -0.39 is 228 Å². The van der Waals surface area contributed by atoms with E-state index in [9.17, 15) is 96.5 Å². The van der Waals surface area contributed by atoms with Crippen molar-refractivity contribution in [3.63, 3.8) is 0 Å². The number of nitrogens with zero attached hydrogens (tertiary/aromatic N) is 3. The topological polar surface area (TPSA) is 679 Å². The highest BCUT2D eigenvalue weighted by molar-refractivity contribution is 7.99. The van der Waals surface area contributed by atoms with E-state index in [2.05, 4.69) is 74.1 Å². The van der Waals surface area contributed by atoms with Gasteiger partial charge in [0.15, 0.2) is 5.96 Å². The minimum absolute atomic E-state index is 0.000810. The number of aliphatic carboxylic acids is 1. The Labute approximate surface area is 745 Å². The SMILES string of the molecule is CC[C@H](C)[C@H](NC(=O)[C@H](CCCCN)NC(=O)[C@H](CCCN=C(N)N)NC(=O)[C@H](CCSC)NC(=O)[C@@H]1CCCN1C(=O)[C@@H](NC(=O)[C@H](CCSC)NC=O)C(C)O)C(=O)N[C@@H](CC(N)=O)C(=O)N1CCC[C@H]1C(=O)N[C@@H](CC(C)C)C(=O)N[C@@H](CCSC)C(=O)N[C@@H](CCCCN)C(=O)N[C@H](C(=O)N[C@H](C(=O)N[C@@H](CC(N)=O)C(=O)O)[C@@H](C)CC)[C@@H](C)CC. The Kier molecular flexibility index (Phi) is 53.3. The van der Waals surface area contributed by atoms with Gasteiger partial charge < -0.3 is 124 Å². The molecule has 17 amide bonds. The van der Waals surface area contributed by atoms with Crippen LogP contribution in [-0.4, -0.2) is 298 Å². The lowest BCUT2D eigenvalue weighted by molar-refractivity contribution is -0.144. The molecule has 42 nitrogen and oxygen atoms in total. The smallest absolute Gasteiger partial charge is 0.326 e. The first-order valence-electron chi connectivity index (χ1n) is 43.0. The molecular weight excluding hydrogens is 1690 g/mol. The zero-order chi connectivity index (χ0) is 94.3. The maximum Gasteiger partial charge on any atom is 0.326 e. The number of carbonyl (C=O) groups excluding carboxylic acids is 17. The van der Waals surface area contributed by atoms with Crippen LogP contribution in [0.25, 0.3) is 0 Å². The Balaban J connectivity index is 2.54. The number of carboxylic acids is 1. The quantitative estimate of drug-likeness (QED) is 0.0119. The molecule has 2 heterocycles. The predicted molar refractivity (Wildman–Crippen MR) is 475 cm³/mol. The van der Waals surface area contributed by atoms with Gasteiger partial charge in [-0.15, -0.1) is 0 Å². The number of nitrogens with one attached hydrogen (secondary N) is 13. The number of aliphatic imine (C=N–C) groups is 1. The van der Waals surface area contributed by atoms with Crippen molar-refractivity contribution < 1.29 is 96.5 Å². The Morgan fingerprint density at radius 1 is 0.416 bits per heavy atom. The fourth-order valence-corrected chi connectivity index (χ4v) is 15.5. The number of carboxylic acid groups (broad SMARTS) is 1. The summed E-state index contributed by atoms with van der Waals surface area (Å²) in [6.45, 7) is 15.3. The van der Waals surface area contributed by atoms with Crippen molar-refractivity contribution in [2.75, 3.05) is 68.7 Å². The summed E-state index contributed by atoms with van der Waals surface area (Å²) in [7, 11) is 0. The third kappa shape index (κ3) is 39.2. The molecule has 2 fully saturated rings. The average Bonchev–Trinajstić information content (AvgIpc) is 1.71. The summed E-state index contributed by atoms with van der Waals surface area (Å²) in [4.78, 5) is 257.